The maximum atomic E-state index is 13.2. The summed E-state index contributed by atoms with van der Waals surface area (Å²) in [7, 11) is 5.54. The van der Waals surface area contributed by atoms with Crippen molar-refractivity contribution in [2.75, 3.05) is 44.9 Å². The first kappa shape index (κ1) is 25.8. The summed E-state index contributed by atoms with van der Waals surface area (Å²) >= 11 is 6.26. The number of phenolic OH excluding ortho intramolecular Hbond substituents is 1. The molecule has 0 amide bonds. The molecule has 9 heteroatoms. The normalized spacial score (nSPS) is 13.1. The number of carbonyl (C=O) groups excluding carboxylic acids is 1. The number of Topliss-reactive ketones (excluding diaryl/α,β-unsaturated/α-hetero) is 1. The molecule has 2 aromatic heterocycles. The molecule has 2 aromatic carbocycles. The van der Waals surface area contributed by atoms with Crippen molar-refractivity contribution in [2.45, 2.75) is 12.8 Å². The second-order valence-corrected chi connectivity index (χ2v) is 10.1. The van der Waals surface area contributed by atoms with Crippen molar-refractivity contribution >= 4 is 45.5 Å². The minimum atomic E-state index is -0.104. The van der Waals surface area contributed by atoms with Crippen LogP contribution in [0, 0.1) is 5.92 Å². The molecular formula is C29H30ClN5O3. The molecule has 0 atom stereocenters. The molecule has 0 unspecified atom stereocenters. The Morgan fingerprint density at radius 2 is 1.92 bits per heavy atom. The lowest BCUT2D eigenvalue weighted by Crippen LogP contribution is -2.21. The van der Waals surface area contributed by atoms with Gasteiger partial charge in [-0.2, -0.15) is 0 Å². The number of carbonyl (C=O) groups is 1. The van der Waals surface area contributed by atoms with Crippen LogP contribution in [0.3, 0.4) is 0 Å². The highest BCUT2D eigenvalue weighted by Gasteiger charge is 2.32. The topological polar surface area (TPSA) is 99.6 Å². The van der Waals surface area contributed by atoms with Crippen LogP contribution < -0.4 is 15.4 Å². The molecule has 1 fully saturated rings. The zero-order chi connectivity index (χ0) is 26.8. The van der Waals surface area contributed by atoms with Gasteiger partial charge in [-0.15, -0.1) is 0 Å². The highest BCUT2D eigenvalue weighted by atomic mass is 35.5. The van der Waals surface area contributed by atoms with E-state index in [9.17, 15) is 9.90 Å². The lowest BCUT2D eigenvalue weighted by atomic mass is 9.98. The number of nitrogens with zero attached hydrogens (tertiary/aromatic N) is 3. The van der Waals surface area contributed by atoms with E-state index in [0.717, 1.165) is 59.5 Å². The number of pyridine rings is 2. The average Bonchev–Trinajstić information content (AvgIpc) is 3.76. The van der Waals surface area contributed by atoms with Gasteiger partial charge in [-0.1, -0.05) is 17.7 Å². The number of aromatic nitrogens is 2. The third-order valence-electron chi connectivity index (χ3n) is 6.56. The van der Waals surface area contributed by atoms with Gasteiger partial charge in [0.25, 0.3) is 0 Å². The first-order chi connectivity index (χ1) is 18.3. The quantitative estimate of drug-likeness (QED) is 0.215. The van der Waals surface area contributed by atoms with E-state index in [0.29, 0.717) is 11.3 Å². The van der Waals surface area contributed by atoms with E-state index in [1.165, 1.54) is 7.11 Å². The van der Waals surface area contributed by atoms with Crippen molar-refractivity contribution in [2.24, 2.45) is 5.92 Å². The molecule has 1 saturated carbocycles. The molecule has 38 heavy (non-hydrogen) atoms. The number of aromatic hydroxyl groups is 1. The molecule has 3 N–H and O–H groups in total. The molecule has 1 aliphatic rings. The Morgan fingerprint density at radius 1 is 1.11 bits per heavy atom. The number of nitrogens with one attached hydrogen (secondary N) is 2. The highest BCUT2D eigenvalue weighted by Crippen LogP contribution is 2.41. The number of benzene rings is 2. The van der Waals surface area contributed by atoms with Crippen LogP contribution in [0.2, 0.25) is 5.02 Å². The van der Waals surface area contributed by atoms with E-state index in [-0.39, 0.29) is 28.2 Å². The SMILES string of the molecule is COc1cc(-c2ccc3ncc(C(=O)C4CC4)c(Nc4ccc(NCCN(C)C)nc4)c3c2)cc(Cl)c1O. The second kappa shape index (κ2) is 10.8. The fraction of sp³-hybridized carbons (Fsp3) is 0.276. The number of phenols is 1. The van der Waals surface area contributed by atoms with Gasteiger partial charge in [-0.3, -0.25) is 9.78 Å². The minimum Gasteiger partial charge on any atom is -0.503 e. The fourth-order valence-electron chi connectivity index (χ4n) is 4.28. The average molecular weight is 532 g/mol. The molecule has 0 bridgehead atoms. The first-order valence-electron chi connectivity index (χ1n) is 12.5. The molecule has 0 spiro atoms. The minimum absolute atomic E-state index is 0.0412. The van der Waals surface area contributed by atoms with Gasteiger partial charge < -0.3 is 25.4 Å². The third-order valence-corrected chi connectivity index (χ3v) is 6.85. The van der Waals surface area contributed by atoms with Crippen molar-refractivity contribution in [3.8, 4) is 22.6 Å². The Morgan fingerprint density at radius 3 is 2.61 bits per heavy atom. The molecule has 2 heterocycles. The van der Waals surface area contributed by atoms with E-state index in [2.05, 4.69) is 25.5 Å². The lowest BCUT2D eigenvalue weighted by Gasteiger charge is -2.16. The predicted molar refractivity (Wildman–Crippen MR) is 152 cm³/mol. The highest BCUT2D eigenvalue weighted by molar-refractivity contribution is 6.32. The summed E-state index contributed by atoms with van der Waals surface area (Å²) in [5.41, 5.74) is 4.38. The fourth-order valence-corrected chi connectivity index (χ4v) is 4.49. The summed E-state index contributed by atoms with van der Waals surface area (Å²) in [4.78, 5) is 24.5. The third kappa shape index (κ3) is 5.51. The number of ether oxygens (including phenoxy) is 1. The molecule has 4 aromatic rings. The van der Waals surface area contributed by atoms with Crippen LogP contribution in [-0.4, -0.2) is 60.1 Å². The summed E-state index contributed by atoms with van der Waals surface area (Å²) in [5, 5.41) is 17.9. The van der Waals surface area contributed by atoms with Gasteiger partial charge in [0.05, 0.1) is 40.8 Å². The second-order valence-electron chi connectivity index (χ2n) is 9.71. The number of halogens is 1. The number of methoxy groups -OCH3 is 1. The summed E-state index contributed by atoms with van der Waals surface area (Å²) < 4.78 is 5.29. The van der Waals surface area contributed by atoms with Crippen molar-refractivity contribution in [3.05, 3.63) is 65.4 Å². The van der Waals surface area contributed by atoms with Crippen LogP contribution in [0.25, 0.3) is 22.0 Å². The Kier molecular flexibility index (Phi) is 7.35. The molecule has 5 rings (SSSR count). The van der Waals surface area contributed by atoms with E-state index in [4.69, 9.17) is 16.3 Å². The van der Waals surface area contributed by atoms with Gasteiger partial charge in [-0.25, -0.2) is 4.98 Å². The zero-order valence-corrected chi connectivity index (χ0v) is 22.3. The van der Waals surface area contributed by atoms with Gasteiger partial charge >= 0.3 is 0 Å². The van der Waals surface area contributed by atoms with Crippen LogP contribution in [0.1, 0.15) is 23.2 Å². The van der Waals surface area contributed by atoms with Gasteiger partial charge in [-0.05, 0) is 74.5 Å². The number of ketones is 1. The number of hydrogen-bond donors (Lipinski definition) is 3. The van der Waals surface area contributed by atoms with E-state index in [1.54, 1.807) is 24.5 Å². The Labute approximate surface area is 226 Å². The standard InChI is InChI=1S/C29H30ClN5O3/c1-35(2)11-10-31-26-9-7-20(15-33-26)34-27-21-12-18(19-13-23(30)29(37)25(14-19)38-3)6-8-24(21)32-16-22(27)28(36)17-4-5-17/h6-9,12-17,37H,4-5,10-11H2,1-3H3,(H,31,33)(H,32,34). The molecule has 8 nitrogen and oxygen atoms in total. The van der Waals surface area contributed by atoms with E-state index in [1.807, 2.05) is 44.4 Å². The summed E-state index contributed by atoms with van der Waals surface area (Å²) in [6, 6.07) is 13.1. The summed E-state index contributed by atoms with van der Waals surface area (Å²) in [5.74, 6) is 1.10. The molecule has 0 aliphatic heterocycles. The monoisotopic (exact) mass is 531 g/mol. The maximum absolute atomic E-state index is 13.2. The Balaban J connectivity index is 1.54. The van der Waals surface area contributed by atoms with E-state index >= 15 is 0 Å². The molecule has 0 radical (unpaired) electrons. The summed E-state index contributed by atoms with van der Waals surface area (Å²) in [6.45, 7) is 1.69. The van der Waals surface area contributed by atoms with Crippen LogP contribution in [0.4, 0.5) is 17.2 Å². The number of rotatable bonds is 10. The largest absolute Gasteiger partial charge is 0.503 e. The maximum Gasteiger partial charge on any atom is 0.176 e. The molecule has 196 valence electrons. The number of anilines is 3. The van der Waals surface area contributed by atoms with Crippen LogP contribution in [-0.2, 0) is 0 Å². The molecule has 0 saturated heterocycles. The smallest absolute Gasteiger partial charge is 0.176 e. The Hall–Kier alpha value is -3.88. The van der Waals surface area contributed by atoms with Gasteiger partial charge in [0.1, 0.15) is 5.82 Å². The predicted octanol–water partition coefficient (Wildman–Crippen LogP) is 5.97. The number of likely N-dealkylation sites (N-methyl/N-ethyl adjacent to an activating group) is 1. The van der Waals surface area contributed by atoms with Gasteiger partial charge in [0.15, 0.2) is 17.3 Å². The van der Waals surface area contributed by atoms with Gasteiger partial charge in [0.2, 0.25) is 0 Å². The van der Waals surface area contributed by atoms with Crippen LogP contribution >= 0.6 is 11.6 Å². The molecular weight excluding hydrogens is 502 g/mol. The van der Waals surface area contributed by atoms with Crippen molar-refractivity contribution in [1.82, 2.24) is 14.9 Å². The first-order valence-corrected chi connectivity index (χ1v) is 12.9. The van der Waals surface area contributed by atoms with Crippen molar-refractivity contribution in [1.29, 1.82) is 0 Å². The van der Waals surface area contributed by atoms with Crippen molar-refractivity contribution < 1.29 is 14.6 Å². The lowest BCUT2D eigenvalue weighted by molar-refractivity contribution is 0.0968. The van der Waals surface area contributed by atoms with Crippen LogP contribution in [0.5, 0.6) is 11.5 Å². The Bertz CT molecular complexity index is 1490. The summed E-state index contributed by atoms with van der Waals surface area (Å²) in [6.07, 6.45) is 5.22. The van der Waals surface area contributed by atoms with Crippen molar-refractivity contribution in [3.63, 3.8) is 0 Å². The van der Waals surface area contributed by atoms with E-state index < -0.39 is 0 Å². The number of hydrogen-bond acceptors (Lipinski definition) is 8. The number of fused-ring (bicyclic) bond motifs is 1. The zero-order valence-electron chi connectivity index (χ0n) is 21.6. The molecule has 1 aliphatic carbocycles. The van der Waals surface area contributed by atoms with Gasteiger partial charge in [0, 0.05) is 30.6 Å². The van der Waals surface area contributed by atoms with Crippen LogP contribution in [0.15, 0.2) is 54.9 Å².